The molecule has 4 heterocycles. The molecule has 0 radical (unpaired) electrons. The Labute approximate surface area is 193 Å². The lowest BCUT2D eigenvalue weighted by Crippen LogP contribution is -2.39. The summed E-state index contributed by atoms with van der Waals surface area (Å²) in [5.74, 6) is 3.12. The van der Waals surface area contributed by atoms with E-state index in [9.17, 15) is 0 Å². The van der Waals surface area contributed by atoms with Crippen LogP contribution in [0.2, 0.25) is 0 Å². The molecule has 8 nitrogen and oxygen atoms in total. The number of hydrogen-bond acceptors (Lipinski definition) is 8. The second-order valence-corrected chi connectivity index (χ2v) is 8.87. The lowest BCUT2D eigenvalue weighted by atomic mass is 10.0. The van der Waals surface area contributed by atoms with Gasteiger partial charge in [0.25, 0.3) is 0 Å². The topological polar surface area (TPSA) is 72.0 Å². The van der Waals surface area contributed by atoms with Crippen LogP contribution in [0.4, 0.5) is 11.8 Å². The summed E-state index contributed by atoms with van der Waals surface area (Å²) in [5.41, 5.74) is 2.25. The Bertz CT molecular complexity index is 1110. The van der Waals surface area contributed by atoms with Crippen molar-refractivity contribution in [1.82, 2.24) is 14.9 Å². The van der Waals surface area contributed by atoms with E-state index in [1.165, 1.54) is 5.56 Å². The number of anilines is 2. The van der Waals surface area contributed by atoms with Gasteiger partial charge in [-0.05, 0) is 24.5 Å². The van der Waals surface area contributed by atoms with Crippen LogP contribution in [0.5, 0.6) is 11.5 Å². The number of aromatic nitrogens is 2. The van der Waals surface area contributed by atoms with Gasteiger partial charge in [0.1, 0.15) is 5.82 Å². The molecule has 2 aromatic carbocycles. The summed E-state index contributed by atoms with van der Waals surface area (Å²) in [6.07, 6.45) is 2.16. The Morgan fingerprint density at radius 1 is 0.909 bits per heavy atom. The standard InChI is InChI=1S/C25H29N5O3/c1-2-4-18(5-3-1)16-29-8-6-19(7-9-29)26-24-20-14-22-23(33-17-32-22)15-21(20)27-25(28-24)30-10-12-31-13-11-30/h1-5,14-15,19H,6-13,16-17H2,(H,26,27,28). The third kappa shape index (κ3) is 4.41. The van der Waals surface area contributed by atoms with Gasteiger partial charge in [0.2, 0.25) is 12.7 Å². The first-order valence-electron chi connectivity index (χ1n) is 11.8. The molecule has 0 unspecified atom stereocenters. The molecule has 1 aromatic heterocycles. The summed E-state index contributed by atoms with van der Waals surface area (Å²) in [6.45, 7) is 6.39. The third-order valence-electron chi connectivity index (χ3n) is 6.65. The van der Waals surface area contributed by atoms with E-state index in [4.69, 9.17) is 24.2 Å². The second kappa shape index (κ2) is 9.03. The molecule has 2 fully saturated rings. The molecule has 0 aliphatic carbocycles. The predicted octanol–water partition coefficient (Wildman–Crippen LogP) is 3.27. The monoisotopic (exact) mass is 447 g/mol. The molecule has 0 amide bonds. The molecule has 8 heteroatoms. The quantitative estimate of drug-likeness (QED) is 0.639. The Balaban J connectivity index is 1.22. The number of piperidine rings is 1. The van der Waals surface area contributed by atoms with Gasteiger partial charge in [-0.2, -0.15) is 4.98 Å². The van der Waals surface area contributed by atoms with Crippen molar-refractivity contribution < 1.29 is 14.2 Å². The van der Waals surface area contributed by atoms with Crippen molar-refractivity contribution in [2.75, 3.05) is 56.4 Å². The summed E-state index contributed by atoms with van der Waals surface area (Å²) in [7, 11) is 0. The number of benzene rings is 2. The van der Waals surface area contributed by atoms with E-state index in [0.717, 1.165) is 79.7 Å². The molecule has 0 saturated carbocycles. The Morgan fingerprint density at radius 2 is 1.67 bits per heavy atom. The first-order chi connectivity index (χ1) is 16.3. The summed E-state index contributed by atoms with van der Waals surface area (Å²) in [6, 6.07) is 15.1. The van der Waals surface area contributed by atoms with Crippen LogP contribution in [0.15, 0.2) is 42.5 Å². The highest BCUT2D eigenvalue weighted by Crippen LogP contribution is 2.38. The number of fused-ring (bicyclic) bond motifs is 2. The van der Waals surface area contributed by atoms with E-state index in [-0.39, 0.29) is 6.79 Å². The highest BCUT2D eigenvalue weighted by molar-refractivity contribution is 5.93. The van der Waals surface area contributed by atoms with Crippen LogP contribution < -0.4 is 19.7 Å². The van der Waals surface area contributed by atoms with E-state index < -0.39 is 0 Å². The maximum Gasteiger partial charge on any atom is 0.231 e. The molecule has 1 N–H and O–H groups in total. The third-order valence-corrected chi connectivity index (χ3v) is 6.65. The molecule has 33 heavy (non-hydrogen) atoms. The largest absolute Gasteiger partial charge is 0.454 e. The molecule has 172 valence electrons. The highest BCUT2D eigenvalue weighted by atomic mass is 16.7. The summed E-state index contributed by atoms with van der Waals surface area (Å²) in [5, 5.41) is 4.72. The lowest BCUT2D eigenvalue weighted by molar-refractivity contribution is 0.122. The van der Waals surface area contributed by atoms with Crippen molar-refractivity contribution in [1.29, 1.82) is 0 Å². The van der Waals surface area contributed by atoms with Crippen LogP contribution >= 0.6 is 0 Å². The fourth-order valence-corrected chi connectivity index (χ4v) is 4.79. The normalized spacial score (nSPS) is 19.2. The van der Waals surface area contributed by atoms with E-state index in [0.29, 0.717) is 19.3 Å². The number of likely N-dealkylation sites (tertiary alicyclic amines) is 1. The maximum atomic E-state index is 5.63. The predicted molar refractivity (Wildman–Crippen MR) is 127 cm³/mol. The van der Waals surface area contributed by atoms with Gasteiger partial charge in [-0.3, -0.25) is 4.90 Å². The van der Waals surface area contributed by atoms with Crippen molar-refractivity contribution in [3.63, 3.8) is 0 Å². The zero-order valence-electron chi connectivity index (χ0n) is 18.7. The number of ether oxygens (including phenoxy) is 3. The zero-order chi connectivity index (χ0) is 22.0. The summed E-state index contributed by atoms with van der Waals surface area (Å²) >= 11 is 0. The van der Waals surface area contributed by atoms with Gasteiger partial charge in [0.05, 0.1) is 18.7 Å². The van der Waals surface area contributed by atoms with Crippen molar-refractivity contribution >= 4 is 22.7 Å². The van der Waals surface area contributed by atoms with Gasteiger partial charge >= 0.3 is 0 Å². The van der Waals surface area contributed by atoms with Crippen molar-refractivity contribution in [2.24, 2.45) is 0 Å². The van der Waals surface area contributed by atoms with Gasteiger partial charge in [0.15, 0.2) is 11.5 Å². The molecule has 0 bridgehead atoms. The average Bonchev–Trinajstić information content (AvgIpc) is 3.32. The Kier molecular flexibility index (Phi) is 5.61. The lowest BCUT2D eigenvalue weighted by Gasteiger charge is -2.33. The SMILES string of the molecule is c1ccc(CN2CCC(Nc3nc(N4CCOCC4)nc4cc5c(cc34)OCO5)CC2)cc1. The molecule has 3 aliphatic rings. The number of hydrogen-bond donors (Lipinski definition) is 1. The van der Waals surface area contributed by atoms with Crippen LogP contribution in [0.1, 0.15) is 18.4 Å². The van der Waals surface area contributed by atoms with Crippen LogP contribution in [-0.4, -0.2) is 67.1 Å². The Morgan fingerprint density at radius 3 is 2.45 bits per heavy atom. The van der Waals surface area contributed by atoms with Crippen molar-refractivity contribution in [3.05, 3.63) is 48.0 Å². The molecular formula is C25H29N5O3. The Hall–Kier alpha value is -3.10. The number of nitrogens with one attached hydrogen (secondary N) is 1. The van der Waals surface area contributed by atoms with Crippen molar-refractivity contribution in [3.8, 4) is 11.5 Å². The van der Waals surface area contributed by atoms with Crippen LogP contribution in [0, 0.1) is 0 Å². The van der Waals surface area contributed by atoms with E-state index in [1.807, 2.05) is 12.1 Å². The molecular weight excluding hydrogens is 418 g/mol. The molecule has 3 aromatic rings. The van der Waals surface area contributed by atoms with E-state index >= 15 is 0 Å². The first-order valence-corrected chi connectivity index (χ1v) is 11.8. The number of nitrogens with zero attached hydrogens (tertiary/aromatic N) is 4. The highest BCUT2D eigenvalue weighted by Gasteiger charge is 2.24. The smallest absolute Gasteiger partial charge is 0.231 e. The number of rotatable bonds is 5. The van der Waals surface area contributed by atoms with E-state index in [1.54, 1.807) is 0 Å². The number of morpholine rings is 1. The zero-order valence-corrected chi connectivity index (χ0v) is 18.7. The first kappa shape index (κ1) is 20.5. The fraction of sp³-hybridized carbons (Fsp3) is 0.440. The van der Waals surface area contributed by atoms with Crippen LogP contribution in [0.3, 0.4) is 0 Å². The minimum absolute atomic E-state index is 0.248. The van der Waals surface area contributed by atoms with Gasteiger partial charge in [0, 0.05) is 50.2 Å². The van der Waals surface area contributed by atoms with E-state index in [2.05, 4.69) is 45.4 Å². The van der Waals surface area contributed by atoms with Gasteiger partial charge in [-0.1, -0.05) is 30.3 Å². The van der Waals surface area contributed by atoms with Gasteiger partial charge in [-0.25, -0.2) is 4.98 Å². The molecule has 0 atom stereocenters. The summed E-state index contributed by atoms with van der Waals surface area (Å²) < 4.78 is 16.7. The molecule has 3 aliphatic heterocycles. The second-order valence-electron chi connectivity index (χ2n) is 8.87. The molecule has 2 saturated heterocycles. The maximum absolute atomic E-state index is 5.63. The van der Waals surface area contributed by atoms with Crippen molar-refractivity contribution in [2.45, 2.75) is 25.4 Å². The molecule has 0 spiro atoms. The fourth-order valence-electron chi connectivity index (χ4n) is 4.79. The summed E-state index contributed by atoms with van der Waals surface area (Å²) in [4.78, 5) is 14.6. The van der Waals surface area contributed by atoms with Crippen LogP contribution in [-0.2, 0) is 11.3 Å². The average molecular weight is 448 g/mol. The minimum Gasteiger partial charge on any atom is -0.454 e. The molecule has 6 rings (SSSR count). The van der Waals surface area contributed by atoms with Gasteiger partial charge < -0.3 is 24.4 Å². The van der Waals surface area contributed by atoms with Crippen LogP contribution in [0.25, 0.3) is 10.9 Å². The minimum atomic E-state index is 0.248. The van der Waals surface area contributed by atoms with Gasteiger partial charge in [-0.15, -0.1) is 0 Å².